The summed E-state index contributed by atoms with van der Waals surface area (Å²) in [7, 11) is -4.48. The van der Waals surface area contributed by atoms with Crippen molar-refractivity contribution in [2.45, 2.75) is 5.03 Å². The third-order valence-corrected chi connectivity index (χ3v) is 3.60. The molecule has 0 atom stereocenters. The van der Waals surface area contributed by atoms with Gasteiger partial charge in [-0.2, -0.15) is 13.5 Å². The number of nitrogens with zero attached hydrogens (tertiary/aromatic N) is 1. The molecule has 2 rings (SSSR count). The Hall–Kier alpha value is -2.95. The number of hydrogen-bond donors (Lipinski definition) is 3. The Morgan fingerprint density at radius 2 is 1.90 bits per heavy atom. The van der Waals surface area contributed by atoms with E-state index in [0.29, 0.717) is 0 Å². The van der Waals surface area contributed by atoms with Gasteiger partial charge in [0.15, 0.2) is 0 Å². The number of carbonyl (C=O) groups excluding carboxylic acids is 1. The van der Waals surface area contributed by atoms with Crippen molar-refractivity contribution in [3.05, 3.63) is 50.7 Å². The number of aromatic carboxylic acids is 1. The second-order valence-corrected chi connectivity index (χ2v) is 5.35. The van der Waals surface area contributed by atoms with Gasteiger partial charge in [-0.15, -0.1) is 0 Å². The number of nitrogens with one attached hydrogen (secondary N) is 3. The van der Waals surface area contributed by atoms with Crippen molar-refractivity contribution in [1.82, 2.24) is 15.2 Å². The molecule has 0 bridgehead atoms. The van der Waals surface area contributed by atoms with E-state index in [1.807, 2.05) is 4.72 Å². The molecule has 0 aliphatic heterocycles. The number of benzene rings is 1. The van der Waals surface area contributed by atoms with Crippen LogP contribution in [0.1, 0.15) is 10.4 Å². The topological polar surface area (TPSA) is 165 Å². The lowest BCUT2D eigenvalue weighted by molar-refractivity contribution is -0.254. The van der Waals surface area contributed by atoms with Crippen LogP contribution in [0.15, 0.2) is 38.9 Å². The molecule has 1 aromatic carbocycles. The number of anilines is 1. The number of carboxylic acid groups (broad SMARTS) is 1. The van der Waals surface area contributed by atoms with Crippen LogP contribution in [-0.4, -0.2) is 29.6 Å². The smallest absolute Gasteiger partial charge is 0.342 e. The summed E-state index contributed by atoms with van der Waals surface area (Å²) in [5.74, 6) is -1.60. The highest BCUT2D eigenvalue weighted by atomic mass is 32.2. The number of aromatic nitrogens is 3. The van der Waals surface area contributed by atoms with E-state index < -0.39 is 37.8 Å². The predicted octanol–water partition coefficient (Wildman–Crippen LogP) is -2.38. The van der Waals surface area contributed by atoms with Crippen LogP contribution in [-0.2, 0) is 10.0 Å². The van der Waals surface area contributed by atoms with Gasteiger partial charge in [0.1, 0.15) is 0 Å². The maximum Gasteiger partial charge on any atom is 0.342 e. The molecular weight excluding hydrogens is 304 g/mol. The van der Waals surface area contributed by atoms with Crippen LogP contribution in [0, 0.1) is 0 Å². The zero-order chi connectivity index (χ0) is 15.6. The van der Waals surface area contributed by atoms with Gasteiger partial charge in [-0.05, 0) is 6.07 Å². The molecule has 1 aromatic heterocycles. The van der Waals surface area contributed by atoms with Gasteiger partial charge >= 0.3 is 5.69 Å². The highest BCUT2D eigenvalue weighted by Gasteiger charge is 2.22. The van der Waals surface area contributed by atoms with Crippen LogP contribution < -0.4 is 21.1 Å². The SMILES string of the molecule is O=C([O-])c1ccccc1NS(=O)(=O)c1n[nH]c(=O)[nH]c1=O. The number of rotatable bonds is 4. The first-order chi connectivity index (χ1) is 9.81. The summed E-state index contributed by atoms with van der Waals surface area (Å²) in [5.41, 5.74) is -2.93. The van der Waals surface area contributed by atoms with Crippen molar-refractivity contribution in [3.8, 4) is 0 Å². The number of carboxylic acids is 1. The van der Waals surface area contributed by atoms with Crippen LogP contribution in [0.4, 0.5) is 5.69 Å². The number of para-hydroxylation sites is 1. The lowest BCUT2D eigenvalue weighted by Crippen LogP contribution is -2.32. The van der Waals surface area contributed by atoms with Gasteiger partial charge in [0.25, 0.3) is 20.6 Å². The first-order valence-electron chi connectivity index (χ1n) is 5.33. The lowest BCUT2D eigenvalue weighted by Gasteiger charge is -2.11. The standard InChI is InChI=1S/C10H8N4O6S/c15-7-8(12-13-10(18)11-7)21(19,20)14-6-4-2-1-3-5(6)9(16)17/h1-4,14H,(H,16,17)(H2,11,13,15,18)/p-1. The van der Waals surface area contributed by atoms with E-state index in [9.17, 15) is 27.9 Å². The van der Waals surface area contributed by atoms with Gasteiger partial charge in [-0.1, -0.05) is 18.2 Å². The molecule has 0 saturated carbocycles. The van der Waals surface area contributed by atoms with Crippen molar-refractivity contribution >= 4 is 21.7 Å². The van der Waals surface area contributed by atoms with Crippen LogP contribution in [0.25, 0.3) is 0 Å². The quantitative estimate of drug-likeness (QED) is 0.567. The molecule has 0 saturated heterocycles. The average Bonchev–Trinajstić information content (AvgIpc) is 2.37. The molecule has 0 aliphatic rings. The van der Waals surface area contributed by atoms with Crippen molar-refractivity contribution < 1.29 is 18.3 Å². The minimum absolute atomic E-state index is 0.301. The second-order valence-electron chi connectivity index (χ2n) is 3.75. The third-order valence-electron chi connectivity index (χ3n) is 2.33. The van der Waals surface area contributed by atoms with Crippen molar-refractivity contribution in [2.75, 3.05) is 4.72 Å². The van der Waals surface area contributed by atoms with E-state index in [2.05, 4.69) is 5.10 Å². The highest BCUT2D eigenvalue weighted by molar-refractivity contribution is 7.92. The van der Waals surface area contributed by atoms with Gasteiger partial charge in [0, 0.05) is 5.56 Å². The molecule has 0 spiro atoms. The Labute approximate surface area is 116 Å². The summed E-state index contributed by atoms with van der Waals surface area (Å²) in [6.45, 7) is 0. The fourth-order valence-corrected chi connectivity index (χ4v) is 2.49. The summed E-state index contributed by atoms with van der Waals surface area (Å²) in [6, 6.07) is 5.04. The van der Waals surface area contributed by atoms with E-state index in [1.165, 1.54) is 18.2 Å². The van der Waals surface area contributed by atoms with E-state index in [-0.39, 0.29) is 5.69 Å². The van der Waals surface area contributed by atoms with Gasteiger partial charge in [0.2, 0.25) is 0 Å². The molecule has 10 nitrogen and oxygen atoms in total. The van der Waals surface area contributed by atoms with Crippen LogP contribution in [0.5, 0.6) is 0 Å². The van der Waals surface area contributed by atoms with E-state index >= 15 is 0 Å². The van der Waals surface area contributed by atoms with Crippen molar-refractivity contribution in [3.63, 3.8) is 0 Å². The lowest BCUT2D eigenvalue weighted by atomic mass is 10.2. The van der Waals surface area contributed by atoms with Gasteiger partial charge in [0.05, 0.1) is 11.7 Å². The molecule has 0 amide bonds. The third kappa shape index (κ3) is 2.97. The normalized spacial score (nSPS) is 11.0. The summed E-state index contributed by atoms with van der Waals surface area (Å²) in [6.07, 6.45) is 0. The number of sulfonamides is 1. The van der Waals surface area contributed by atoms with E-state index in [4.69, 9.17) is 0 Å². The fraction of sp³-hybridized carbons (Fsp3) is 0. The Bertz CT molecular complexity index is 913. The molecule has 0 aliphatic carbocycles. The molecule has 3 N–H and O–H groups in total. The number of H-pyrrole nitrogens is 2. The highest BCUT2D eigenvalue weighted by Crippen LogP contribution is 2.17. The first-order valence-corrected chi connectivity index (χ1v) is 6.82. The minimum atomic E-state index is -4.48. The van der Waals surface area contributed by atoms with Crippen LogP contribution in [0.3, 0.4) is 0 Å². The fourth-order valence-electron chi connectivity index (χ4n) is 1.46. The largest absolute Gasteiger partial charge is 0.545 e. The molecule has 0 unspecified atom stereocenters. The van der Waals surface area contributed by atoms with Crippen LogP contribution in [0.2, 0.25) is 0 Å². The zero-order valence-corrected chi connectivity index (χ0v) is 10.9. The first kappa shape index (κ1) is 14.5. The average molecular weight is 311 g/mol. The second kappa shape index (κ2) is 5.20. The van der Waals surface area contributed by atoms with Gasteiger partial charge < -0.3 is 9.90 Å². The Morgan fingerprint density at radius 1 is 1.24 bits per heavy atom. The molecule has 11 heteroatoms. The van der Waals surface area contributed by atoms with Crippen LogP contribution >= 0.6 is 0 Å². The molecule has 1 heterocycles. The van der Waals surface area contributed by atoms with E-state index in [0.717, 1.165) is 6.07 Å². The van der Waals surface area contributed by atoms with E-state index in [1.54, 1.807) is 10.1 Å². The Kier molecular flexibility index (Phi) is 3.58. The number of aromatic amines is 2. The van der Waals surface area contributed by atoms with Crippen molar-refractivity contribution in [1.29, 1.82) is 0 Å². The van der Waals surface area contributed by atoms with Gasteiger partial charge in [-0.3, -0.25) is 14.5 Å². The maximum absolute atomic E-state index is 12.0. The minimum Gasteiger partial charge on any atom is -0.545 e. The molecule has 110 valence electrons. The molecule has 0 fully saturated rings. The summed E-state index contributed by atoms with van der Waals surface area (Å²) in [4.78, 5) is 34.8. The number of hydrogen-bond acceptors (Lipinski definition) is 7. The Morgan fingerprint density at radius 3 is 2.52 bits per heavy atom. The zero-order valence-electron chi connectivity index (χ0n) is 10.1. The molecule has 2 aromatic rings. The monoisotopic (exact) mass is 311 g/mol. The Balaban J connectivity index is 2.50. The number of carbonyl (C=O) groups is 1. The summed E-state index contributed by atoms with van der Waals surface area (Å²) < 4.78 is 25.9. The summed E-state index contributed by atoms with van der Waals surface area (Å²) >= 11 is 0. The summed E-state index contributed by atoms with van der Waals surface area (Å²) in [5, 5.41) is 14.8. The molecular formula is C10H7N4O6S-. The molecule has 0 radical (unpaired) electrons. The predicted molar refractivity (Wildman–Crippen MR) is 67.1 cm³/mol. The molecule has 21 heavy (non-hydrogen) atoms. The van der Waals surface area contributed by atoms with Crippen molar-refractivity contribution in [2.24, 2.45) is 0 Å². The van der Waals surface area contributed by atoms with Gasteiger partial charge in [-0.25, -0.2) is 9.89 Å². The maximum atomic E-state index is 12.0.